The van der Waals surface area contributed by atoms with Crippen molar-refractivity contribution in [2.75, 3.05) is 19.7 Å². The zero-order valence-corrected chi connectivity index (χ0v) is 27.6. The Bertz CT molecular complexity index is 1550. The molecule has 2 aromatic rings. The highest BCUT2D eigenvalue weighted by molar-refractivity contribution is 5.99. The number of benzene rings is 2. The summed E-state index contributed by atoms with van der Waals surface area (Å²) >= 11 is 0. The van der Waals surface area contributed by atoms with Crippen LogP contribution in [0.25, 0.3) is 0 Å². The van der Waals surface area contributed by atoms with Crippen LogP contribution in [-0.2, 0) is 35.1 Å². The van der Waals surface area contributed by atoms with Gasteiger partial charge in [-0.15, -0.1) is 0 Å². The Kier molecular flexibility index (Phi) is 10.1. The lowest BCUT2D eigenvalue weighted by molar-refractivity contribution is -0.162. The minimum atomic E-state index is -1.41. The Morgan fingerprint density at radius 1 is 1.00 bits per heavy atom. The van der Waals surface area contributed by atoms with Gasteiger partial charge < -0.3 is 29.7 Å². The van der Waals surface area contributed by atoms with Gasteiger partial charge in [0.05, 0.1) is 30.7 Å². The second-order valence-corrected chi connectivity index (χ2v) is 13.2. The van der Waals surface area contributed by atoms with Crippen molar-refractivity contribution in [3.05, 3.63) is 96.1 Å². The highest BCUT2D eigenvalue weighted by Gasteiger charge is 2.74. The second kappa shape index (κ2) is 14.5. The zero-order valence-electron chi connectivity index (χ0n) is 27.6. The molecule has 3 amide bonds. The number of ether oxygens (including phenoxy) is 2. The van der Waals surface area contributed by atoms with Crippen LogP contribution in [-0.4, -0.2) is 88.1 Å². The third-order valence-corrected chi connectivity index (χ3v) is 10.1. The molecule has 0 unspecified atom stereocenters. The van der Waals surface area contributed by atoms with Crippen molar-refractivity contribution in [1.29, 1.82) is 0 Å². The standard InChI is InChI=1S/C38H45N3O7/c1-3-4-21-40-22-13-7-12-18-30(43)39-25(2)33(27-16-10-6-11-17-27)47-37(46)31-29-19-20-38(48-29)32(31)35(44)41(34(38)36(40)45)28(24-42)23-26-14-8-5-9-15-26/h5-11,13-17,19-20,25,28-29,31-34,42H,3-4,12,18,21-24H2,1-2H3,(H,39,43)/b13-7-/t25-,28-,29+,31-,32-,33+,34+,38-/m1/s1. The van der Waals surface area contributed by atoms with E-state index in [1.165, 1.54) is 4.90 Å². The number of carbonyl (C=O) groups is 4. The molecular weight excluding hydrogens is 610 g/mol. The molecule has 0 radical (unpaired) electrons. The topological polar surface area (TPSA) is 125 Å². The smallest absolute Gasteiger partial charge is 0.313 e. The van der Waals surface area contributed by atoms with E-state index in [0.29, 0.717) is 24.9 Å². The van der Waals surface area contributed by atoms with Crippen molar-refractivity contribution in [1.82, 2.24) is 15.1 Å². The number of esters is 1. The summed E-state index contributed by atoms with van der Waals surface area (Å²) in [6.45, 7) is 4.20. The van der Waals surface area contributed by atoms with E-state index in [4.69, 9.17) is 9.47 Å². The number of allylic oxidation sites excluding steroid dienone is 1. The Hall–Kier alpha value is -4.28. The normalized spacial score (nSPS) is 31.8. The highest BCUT2D eigenvalue weighted by Crippen LogP contribution is 2.56. The molecule has 2 N–H and O–H groups in total. The minimum absolute atomic E-state index is 0.184. The average molecular weight is 656 g/mol. The number of likely N-dealkylation sites (tertiary alicyclic amines) is 1. The largest absolute Gasteiger partial charge is 0.455 e. The molecule has 4 heterocycles. The molecule has 5 bridgehead atoms. The molecule has 2 fully saturated rings. The Balaban J connectivity index is 1.44. The quantitative estimate of drug-likeness (QED) is 0.330. The first kappa shape index (κ1) is 33.6. The molecule has 10 nitrogen and oxygen atoms in total. The first-order valence-electron chi connectivity index (χ1n) is 17.1. The summed E-state index contributed by atoms with van der Waals surface area (Å²) < 4.78 is 12.8. The summed E-state index contributed by atoms with van der Waals surface area (Å²) in [5, 5.41) is 13.8. The zero-order chi connectivity index (χ0) is 33.8. The predicted molar refractivity (Wildman–Crippen MR) is 178 cm³/mol. The fourth-order valence-corrected chi connectivity index (χ4v) is 7.74. The van der Waals surface area contributed by atoms with Crippen molar-refractivity contribution in [2.45, 2.75) is 81.9 Å². The van der Waals surface area contributed by atoms with Gasteiger partial charge in [-0.1, -0.05) is 98.3 Å². The van der Waals surface area contributed by atoms with Crippen LogP contribution in [0.4, 0.5) is 0 Å². The summed E-state index contributed by atoms with van der Waals surface area (Å²) in [5.41, 5.74) is 0.202. The number of rotatable bonds is 8. The lowest BCUT2D eigenvalue weighted by Crippen LogP contribution is -2.59. The maximum absolute atomic E-state index is 14.8. The molecule has 8 atom stereocenters. The van der Waals surface area contributed by atoms with Gasteiger partial charge in [-0.05, 0) is 37.3 Å². The third kappa shape index (κ3) is 6.31. The molecular formula is C38H45N3O7. The van der Waals surface area contributed by atoms with Gasteiger partial charge in [0.2, 0.25) is 17.7 Å². The fourth-order valence-electron chi connectivity index (χ4n) is 7.74. The van der Waals surface area contributed by atoms with Crippen molar-refractivity contribution < 1.29 is 33.8 Å². The van der Waals surface area contributed by atoms with Gasteiger partial charge >= 0.3 is 5.97 Å². The van der Waals surface area contributed by atoms with E-state index in [-0.39, 0.29) is 31.4 Å². The molecule has 0 aromatic heterocycles. The maximum atomic E-state index is 14.8. The lowest BCUT2D eigenvalue weighted by Gasteiger charge is -2.39. The number of hydrogen-bond donors (Lipinski definition) is 2. The summed E-state index contributed by atoms with van der Waals surface area (Å²) in [7, 11) is 0. The van der Waals surface area contributed by atoms with Crippen LogP contribution in [0.1, 0.15) is 56.8 Å². The molecule has 4 aliphatic heterocycles. The lowest BCUT2D eigenvalue weighted by atomic mass is 9.74. The van der Waals surface area contributed by atoms with E-state index in [1.54, 1.807) is 24.0 Å². The second-order valence-electron chi connectivity index (χ2n) is 13.2. The number of hydrogen-bond acceptors (Lipinski definition) is 7. The molecule has 6 rings (SSSR count). The van der Waals surface area contributed by atoms with Crippen molar-refractivity contribution in [3.8, 4) is 0 Å². The van der Waals surface area contributed by atoms with Gasteiger partial charge in [-0.2, -0.15) is 0 Å². The molecule has 4 aliphatic rings. The number of aliphatic hydroxyl groups is 1. The SMILES string of the molecule is CCCCN1C/C=C\CCC(=O)N[C@H](C)[C@@H](c2ccccc2)OC(=O)[C@@H]2[C@@H]3C=C[C@]4(O3)[C@H](C1=O)N([C@@H](CO)Cc1ccccc1)C(=O)[C@@H]24. The molecule has 0 saturated carbocycles. The Morgan fingerprint density at radius 2 is 1.73 bits per heavy atom. The number of nitrogens with one attached hydrogen (secondary N) is 1. The monoisotopic (exact) mass is 655 g/mol. The number of cyclic esters (lactones) is 1. The predicted octanol–water partition coefficient (Wildman–Crippen LogP) is 3.51. The van der Waals surface area contributed by atoms with Gasteiger partial charge in [0.25, 0.3) is 0 Å². The van der Waals surface area contributed by atoms with Gasteiger partial charge in [0.1, 0.15) is 23.7 Å². The summed E-state index contributed by atoms with van der Waals surface area (Å²) in [5.74, 6) is -3.58. The van der Waals surface area contributed by atoms with E-state index in [2.05, 4.69) is 5.32 Å². The maximum Gasteiger partial charge on any atom is 0.313 e. The molecule has 2 aromatic carbocycles. The Morgan fingerprint density at radius 3 is 2.44 bits per heavy atom. The highest BCUT2D eigenvalue weighted by atomic mass is 16.6. The number of fused-ring (bicyclic) bond motifs is 2. The summed E-state index contributed by atoms with van der Waals surface area (Å²) in [6, 6.07) is 16.3. The summed E-state index contributed by atoms with van der Waals surface area (Å²) in [6.07, 6.45) is 8.34. The van der Waals surface area contributed by atoms with E-state index in [9.17, 15) is 24.3 Å². The third-order valence-electron chi connectivity index (χ3n) is 10.1. The van der Waals surface area contributed by atoms with Crippen LogP contribution in [0.15, 0.2) is 85.0 Å². The van der Waals surface area contributed by atoms with E-state index in [0.717, 1.165) is 18.4 Å². The summed E-state index contributed by atoms with van der Waals surface area (Å²) in [4.78, 5) is 60.0. The van der Waals surface area contributed by atoms with Crippen LogP contribution < -0.4 is 5.32 Å². The number of amides is 3. The number of aliphatic hydroxyl groups excluding tert-OH is 1. The van der Waals surface area contributed by atoms with Crippen LogP contribution in [0.3, 0.4) is 0 Å². The van der Waals surface area contributed by atoms with E-state index in [1.807, 2.05) is 79.7 Å². The van der Waals surface area contributed by atoms with Gasteiger partial charge in [-0.25, -0.2) is 0 Å². The molecule has 0 aliphatic carbocycles. The average Bonchev–Trinajstić information content (AvgIpc) is 3.74. The van der Waals surface area contributed by atoms with E-state index >= 15 is 0 Å². The van der Waals surface area contributed by atoms with Crippen LogP contribution in [0.2, 0.25) is 0 Å². The van der Waals surface area contributed by atoms with Crippen molar-refractivity contribution in [2.24, 2.45) is 11.8 Å². The number of unbranched alkanes of at least 4 members (excludes halogenated alkanes) is 1. The van der Waals surface area contributed by atoms with Crippen molar-refractivity contribution >= 4 is 23.7 Å². The van der Waals surface area contributed by atoms with Gasteiger partial charge in [0, 0.05) is 19.5 Å². The van der Waals surface area contributed by atoms with Crippen molar-refractivity contribution in [3.63, 3.8) is 0 Å². The molecule has 2 saturated heterocycles. The van der Waals surface area contributed by atoms with Crippen LogP contribution in [0, 0.1) is 11.8 Å². The van der Waals surface area contributed by atoms with Gasteiger partial charge in [0.15, 0.2) is 0 Å². The number of carbonyl (C=O) groups excluding carboxylic acids is 4. The first-order valence-corrected chi connectivity index (χ1v) is 17.1. The molecule has 10 heteroatoms. The van der Waals surface area contributed by atoms with Crippen LogP contribution in [0.5, 0.6) is 0 Å². The minimum Gasteiger partial charge on any atom is -0.455 e. The molecule has 1 spiro atoms. The first-order chi connectivity index (χ1) is 23.3. The molecule has 254 valence electrons. The molecule has 48 heavy (non-hydrogen) atoms. The Labute approximate surface area is 281 Å². The van der Waals surface area contributed by atoms with Crippen LogP contribution >= 0.6 is 0 Å². The van der Waals surface area contributed by atoms with E-state index < -0.39 is 59.6 Å². The fraction of sp³-hybridized carbons (Fsp3) is 0.474. The van der Waals surface area contributed by atoms with Gasteiger partial charge in [-0.3, -0.25) is 19.2 Å². The number of nitrogens with zero attached hydrogens (tertiary/aromatic N) is 2.